The van der Waals surface area contributed by atoms with Crippen molar-refractivity contribution in [1.82, 2.24) is 0 Å². The number of non-ortho nitro benzene ring substituents is 1. The first-order chi connectivity index (χ1) is 8.63. The lowest BCUT2D eigenvalue weighted by molar-refractivity contribution is -0.384. The van der Waals surface area contributed by atoms with E-state index < -0.39 is 4.92 Å². The summed E-state index contributed by atoms with van der Waals surface area (Å²) in [5, 5.41) is 14.1. The number of nitrogens with two attached hydrogens (primary N) is 1. The molecule has 2 rings (SSSR count). The number of hydrogen-bond acceptors (Lipinski definition) is 5. The molecule has 0 aromatic heterocycles. The number of rotatable bonds is 6. The minimum Gasteiger partial charge on any atom is -0.382 e. The first-order valence-electron chi connectivity index (χ1n) is 6.16. The molecular weight excluding hydrogens is 232 g/mol. The van der Waals surface area contributed by atoms with E-state index in [1.54, 1.807) is 12.1 Å². The lowest BCUT2D eigenvalue weighted by Crippen LogP contribution is -2.09. The van der Waals surface area contributed by atoms with Crippen LogP contribution in [0.25, 0.3) is 0 Å². The first-order valence-corrected chi connectivity index (χ1v) is 6.16. The summed E-state index contributed by atoms with van der Waals surface area (Å²) in [5.74, 6) is 6.01. The third kappa shape index (κ3) is 2.89. The Labute approximate surface area is 106 Å². The SMILES string of the molecule is CCCC1CC1Nc1cc(NN)cc([N+](=O)[O-])c1. The number of benzene rings is 1. The van der Waals surface area contributed by atoms with Crippen LogP contribution in [0, 0.1) is 16.0 Å². The normalized spacial score (nSPS) is 21.4. The number of nitro groups is 1. The van der Waals surface area contributed by atoms with Crippen LogP contribution >= 0.6 is 0 Å². The van der Waals surface area contributed by atoms with E-state index in [0.717, 1.165) is 12.1 Å². The van der Waals surface area contributed by atoms with Gasteiger partial charge in [0.2, 0.25) is 0 Å². The predicted octanol–water partition coefficient (Wildman–Crippen LogP) is 2.48. The first kappa shape index (κ1) is 12.6. The van der Waals surface area contributed by atoms with Gasteiger partial charge in [-0.1, -0.05) is 13.3 Å². The van der Waals surface area contributed by atoms with Gasteiger partial charge >= 0.3 is 0 Å². The fraction of sp³-hybridized carbons (Fsp3) is 0.500. The molecule has 98 valence electrons. The van der Waals surface area contributed by atoms with Crippen molar-refractivity contribution in [1.29, 1.82) is 0 Å². The Morgan fingerprint density at radius 3 is 2.78 bits per heavy atom. The predicted molar refractivity (Wildman–Crippen MR) is 71.3 cm³/mol. The monoisotopic (exact) mass is 250 g/mol. The molecule has 6 nitrogen and oxygen atoms in total. The topological polar surface area (TPSA) is 93.2 Å². The molecule has 1 aliphatic carbocycles. The van der Waals surface area contributed by atoms with Gasteiger partial charge < -0.3 is 10.7 Å². The van der Waals surface area contributed by atoms with Gasteiger partial charge in [0.15, 0.2) is 0 Å². The lowest BCUT2D eigenvalue weighted by atomic mass is 10.2. The van der Waals surface area contributed by atoms with Crippen molar-refractivity contribution < 1.29 is 4.92 Å². The molecule has 18 heavy (non-hydrogen) atoms. The molecule has 0 spiro atoms. The van der Waals surface area contributed by atoms with Crippen LogP contribution in [0.5, 0.6) is 0 Å². The minimum atomic E-state index is -0.414. The van der Waals surface area contributed by atoms with Crippen molar-refractivity contribution in [3.05, 3.63) is 28.3 Å². The molecule has 0 saturated heterocycles. The zero-order chi connectivity index (χ0) is 13.1. The number of nitro benzene ring substituents is 1. The van der Waals surface area contributed by atoms with Gasteiger partial charge in [0.25, 0.3) is 5.69 Å². The van der Waals surface area contributed by atoms with Crippen molar-refractivity contribution >= 4 is 17.1 Å². The molecule has 1 aliphatic rings. The molecule has 4 N–H and O–H groups in total. The van der Waals surface area contributed by atoms with E-state index in [9.17, 15) is 10.1 Å². The number of anilines is 2. The number of nitrogen functional groups attached to an aromatic ring is 1. The highest BCUT2D eigenvalue weighted by Crippen LogP contribution is 2.38. The Balaban J connectivity index is 2.08. The summed E-state index contributed by atoms with van der Waals surface area (Å²) in [6.45, 7) is 2.17. The Morgan fingerprint density at radius 2 is 2.17 bits per heavy atom. The number of hydrogen-bond donors (Lipinski definition) is 3. The van der Waals surface area contributed by atoms with Crippen LogP contribution in [0.1, 0.15) is 26.2 Å². The molecule has 0 bridgehead atoms. The van der Waals surface area contributed by atoms with E-state index in [1.165, 1.54) is 18.9 Å². The highest BCUT2D eigenvalue weighted by atomic mass is 16.6. The fourth-order valence-electron chi connectivity index (χ4n) is 2.21. The highest BCUT2D eigenvalue weighted by molar-refractivity contribution is 5.63. The standard InChI is InChI=1S/C12H18N4O2/c1-2-3-8-4-12(8)14-9-5-10(15-13)7-11(6-9)16(17)18/h5-8,12,14-15H,2-4,13H2,1H3. The van der Waals surface area contributed by atoms with Crippen LogP contribution < -0.4 is 16.6 Å². The summed E-state index contributed by atoms with van der Waals surface area (Å²) in [6.07, 6.45) is 3.52. The van der Waals surface area contributed by atoms with Crippen LogP contribution in [0.2, 0.25) is 0 Å². The molecule has 2 unspecified atom stereocenters. The average Bonchev–Trinajstić information content (AvgIpc) is 3.07. The Kier molecular flexibility index (Phi) is 3.66. The quantitative estimate of drug-likeness (QED) is 0.409. The van der Waals surface area contributed by atoms with Crippen LogP contribution in [0.15, 0.2) is 18.2 Å². The van der Waals surface area contributed by atoms with Gasteiger partial charge in [-0.25, -0.2) is 0 Å². The summed E-state index contributed by atoms with van der Waals surface area (Å²) in [7, 11) is 0. The van der Waals surface area contributed by atoms with Gasteiger partial charge in [0.1, 0.15) is 0 Å². The molecule has 1 saturated carbocycles. The molecule has 0 heterocycles. The van der Waals surface area contributed by atoms with E-state index in [2.05, 4.69) is 17.7 Å². The van der Waals surface area contributed by atoms with Gasteiger partial charge in [0, 0.05) is 23.9 Å². The molecule has 6 heteroatoms. The summed E-state index contributed by atoms with van der Waals surface area (Å²) >= 11 is 0. The smallest absolute Gasteiger partial charge is 0.273 e. The van der Waals surface area contributed by atoms with Gasteiger partial charge in [-0.15, -0.1) is 0 Å². The van der Waals surface area contributed by atoms with E-state index in [0.29, 0.717) is 17.6 Å². The maximum absolute atomic E-state index is 10.8. The Hall–Kier alpha value is -1.82. The molecule has 2 atom stereocenters. The molecule has 0 aliphatic heterocycles. The van der Waals surface area contributed by atoms with Crippen molar-refractivity contribution in [2.24, 2.45) is 11.8 Å². The Bertz CT molecular complexity index is 450. The van der Waals surface area contributed by atoms with Gasteiger partial charge in [-0.05, 0) is 24.8 Å². The molecule has 0 amide bonds. The molecule has 0 radical (unpaired) electrons. The van der Waals surface area contributed by atoms with Crippen LogP contribution in [-0.4, -0.2) is 11.0 Å². The third-order valence-electron chi connectivity index (χ3n) is 3.23. The van der Waals surface area contributed by atoms with Gasteiger partial charge in [-0.2, -0.15) is 0 Å². The van der Waals surface area contributed by atoms with Crippen LogP contribution in [-0.2, 0) is 0 Å². The van der Waals surface area contributed by atoms with Crippen molar-refractivity contribution in [3.63, 3.8) is 0 Å². The molecule has 1 fully saturated rings. The summed E-state index contributed by atoms with van der Waals surface area (Å²) in [6, 6.07) is 5.19. The summed E-state index contributed by atoms with van der Waals surface area (Å²) in [5.41, 5.74) is 3.78. The number of hydrazine groups is 1. The number of nitrogens with zero attached hydrogens (tertiary/aromatic N) is 1. The molecule has 1 aromatic rings. The fourth-order valence-corrected chi connectivity index (χ4v) is 2.21. The van der Waals surface area contributed by atoms with Crippen molar-refractivity contribution in [2.45, 2.75) is 32.2 Å². The van der Waals surface area contributed by atoms with Crippen LogP contribution in [0.4, 0.5) is 17.1 Å². The van der Waals surface area contributed by atoms with Crippen molar-refractivity contribution in [3.8, 4) is 0 Å². The zero-order valence-corrected chi connectivity index (χ0v) is 10.3. The van der Waals surface area contributed by atoms with E-state index in [-0.39, 0.29) is 5.69 Å². The summed E-state index contributed by atoms with van der Waals surface area (Å²) in [4.78, 5) is 10.4. The van der Waals surface area contributed by atoms with Crippen LogP contribution in [0.3, 0.4) is 0 Å². The second-order valence-electron chi connectivity index (χ2n) is 4.71. The van der Waals surface area contributed by atoms with E-state index in [4.69, 9.17) is 5.84 Å². The van der Waals surface area contributed by atoms with E-state index >= 15 is 0 Å². The number of nitrogens with one attached hydrogen (secondary N) is 2. The Morgan fingerprint density at radius 1 is 1.44 bits per heavy atom. The van der Waals surface area contributed by atoms with Crippen molar-refractivity contribution in [2.75, 3.05) is 10.7 Å². The average molecular weight is 250 g/mol. The second-order valence-corrected chi connectivity index (χ2v) is 4.71. The highest BCUT2D eigenvalue weighted by Gasteiger charge is 2.36. The lowest BCUT2D eigenvalue weighted by Gasteiger charge is -2.08. The molecule has 1 aromatic carbocycles. The van der Waals surface area contributed by atoms with Gasteiger partial charge in [0.05, 0.1) is 10.6 Å². The maximum atomic E-state index is 10.8. The third-order valence-corrected chi connectivity index (χ3v) is 3.23. The minimum absolute atomic E-state index is 0.0423. The van der Waals surface area contributed by atoms with E-state index in [1.807, 2.05) is 0 Å². The second kappa shape index (κ2) is 5.22. The van der Waals surface area contributed by atoms with Gasteiger partial charge in [-0.3, -0.25) is 16.0 Å². The largest absolute Gasteiger partial charge is 0.382 e. The molecular formula is C12H18N4O2. The maximum Gasteiger partial charge on any atom is 0.273 e. The zero-order valence-electron chi connectivity index (χ0n) is 10.3. The summed E-state index contributed by atoms with van der Waals surface area (Å²) < 4.78 is 0.